The number of aryl methyl sites for hydroxylation is 1. The average Bonchev–Trinajstić information content (AvgIpc) is 2.40. The number of hydrogen-bond acceptors (Lipinski definition) is 3. The van der Waals surface area contributed by atoms with Crippen molar-refractivity contribution in [2.24, 2.45) is 5.92 Å². The van der Waals surface area contributed by atoms with Crippen LogP contribution in [0.4, 0.5) is 5.69 Å². The van der Waals surface area contributed by atoms with Gasteiger partial charge in [0.25, 0.3) is 0 Å². The molecule has 0 saturated carbocycles. The van der Waals surface area contributed by atoms with Crippen LogP contribution >= 0.6 is 0 Å². The average molecular weight is 249 g/mol. The first-order valence-electron chi connectivity index (χ1n) is 6.55. The van der Waals surface area contributed by atoms with E-state index in [1.165, 1.54) is 20.0 Å². The van der Waals surface area contributed by atoms with E-state index in [1.807, 2.05) is 19.1 Å². The molecule has 0 radical (unpaired) electrons. The van der Waals surface area contributed by atoms with Gasteiger partial charge in [-0.05, 0) is 36.6 Å². The van der Waals surface area contributed by atoms with Crippen LogP contribution in [0.15, 0.2) is 18.2 Å². The maximum atomic E-state index is 11.4. The number of esters is 1. The largest absolute Gasteiger partial charge is 0.465 e. The van der Waals surface area contributed by atoms with Crippen LogP contribution < -0.4 is 5.32 Å². The third-order valence-electron chi connectivity index (χ3n) is 3.38. The lowest BCUT2D eigenvalue weighted by Gasteiger charge is -2.16. The van der Waals surface area contributed by atoms with Crippen molar-refractivity contribution < 1.29 is 9.53 Å². The van der Waals surface area contributed by atoms with E-state index in [-0.39, 0.29) is 5.97 Å². The van der Waals surface area contributed by atoms with Crippen molar-refractivity contribution in [3.63, 3.8) is 0 Å². The molecule has 0 unspecified atom stereocenters. The van der Waals surface area contributed by atoms with Crippen LogP contribution in [0.25, 0.3) is 0 Å². The summed E-state index contributed by atoms with van der Waals surface area (Å²) in [6.45, 7) is 7.40. The molecular formula is C15H23NO2. The number of ether oxygens (including phenoxy) is 1. The molecule has 0 fully saturated rings. The molecule has 3 heteroatoms. The molecule has 0 aliphatic carbocycles. The number of rotatable bonds is 6. The summed E-state index contributed by atoms with van der Waals surface area (Å²) in [7, 11) is 1.40. The Balaban J connectivity index is 2.71. The Bertz CT molecular complexity index is 397. The molecule has 0 aliphatic rings. The molecule has 3 nitrogen and oxygen atoms in total. The summed E-state index contributed by atoms with van der Waals surface area (Å²) in [5.41, 5.74) is 2.77. The van der Waals surface area contributed by atoms with Crippen molar-refractivity contribution in [2.75, 3.05) is 19.0 Å². The van der Waals surface area contributed by atoms with Crippen LogP contribution in [-0.4, -0.2) is 19.6 Å². The fourth-order valence-corrected chi connectivity index (χ4v) is 1.94. The molecular weight excluding hydrogens is 226 g/mol. The maximum absolute atomic E-state index is 11.4. The first-order chi connectivity index (χ1) is 8.62. The summed E-state index contributed by atoms with van der Waals surface area (Å²) in [5.74, 6) is 0.411. The first-order valence-corrected chi connectivity index (χ1v) is 6.55. The Morgan fingerprint density at radius 2 is 2.00 bits per heavy atom. The van der Waals surface area contributed by atoms with Gasteiger partial charge in [-0.2, -0.15) is 0 Å². The van der Waals surface area contributed by atoms with Gasteiger partial charge in [-0.3, -0.25) is 0 Å². The Labute approximate surface area is 110 Å². The van der Waals surface area contributed by atoms with E-state index in [2.05, 4.69) is 19.2 Å². The van der Waals surface area contributed by atoms with Gasteiger partial charge in [0.2, 0.25) is 0 Å². The van der Waals surface area contributed by atoms with E-state index in [0.717, 1.165) is 17.8 Å². The monoisotopic (exact) mass is 249 g/mol. The normalized spacial score (nSPS) is 10.5. The van der Waals surface area contributed by atoms with E-state index < -0.39 is 0 Å². The van der Waals surface area contributed by atoms with Crippen molar-refractivity contribution in [1.82, 2.24) is 0 Å². The summed E-state index contributed by atoms with van der Waals surface area (Å²) in [5, 5.41) is 3.45. The van der Waals surface area contributed by atoms with Crippen LogP contribution in [0.1, 0.15) is 42.6 Å². The van der Waals surface area contributed by atoms with Crippen molar-refractivity contribution >= 4 is 11.7 Å². The fraction of sp³-hybridized carbons (Fsp3) is 0.533. The van der Waals surface area contributed by atoms with Crippen molar-refractivity contribution in [3.8, 4) is 0 Å². The predicted octanol–water partition coefficient (Wildman–Crippen LogP) is 3.63. The SMILES string of the molecule is CCC(CC)CNc1ccc(C(=O)OC)cc1C. The Morgan fingerprint density at radius 1 is 1.33 bits per heavy atom. The highest BCUT2D eigenvalue weighted by Gasteiger charge is 2.08. The second kappa shape index (κ2) is 7.04. The van der Waals surface area contributed by atoms with Gasteiger partial charge >= 0.3 is 5.97 Å². The van der Waals surface area contributed by atoms with Gasteiger partial charge in [-0.1, -0.05) is 26.7 Å². The number of nitrogens with one attached hydrogen (secondary N) is 1. The second-order valence-electron chi connectivity index (χ2n) is 4.58. The summed E-state index contributed by atoms with van der Waals surface area (Å²) in [6, 6.07) is 5.61. The first kappa shape index (κ1) is 14.6. The predicted molar refractivity (Wildman–Crippen MR) is 75.1 cm³/mol. The molecule has 1 N–H and O–H groups in total. The summed E-state index contributed by atoms with van der Waals surface area (Å²) < 4.78 is 4.70. The number of anilines is 1. The molecule has 1 aromatic rings. The topological polar surface area (TPSA) is 38.3 Å². The minimum absolute atomic E-state index is 0.287. The van der Waals surface area contributed by atoms with Crippen LogP contribution in [0.2, 0.25) is 0 Å². The summed E-state index contributed by atoms with van der Waals surface area (Å²) >= 11 is 0. The lowest BCUT2D eigenvalue weighted by atomic mass is 10.0. The minimum atomic E-state index is -0.287. The molecule has 0 bridgehead atoms. The Morgan fingerprint density at radius 3 is 2.50 bits per heavy atom. The van der Waals surface area contributed by atoms with E-state index in [1.54, 1.807) is 6.07 Å². The number of methoxy groups -OCH3 is 1. The third kappa shape index (κ3) is 3.76. The maximum Gasteiger partial charge on any atom is 0.337 e. The van der Waals surface area contributed by atoms with Crippen LogP contribution in [0, 0.1) is 12.8 Å². The standard InChI is InChI=1S/C15H23NO2/c1-5-12(6-2)10-16-14-8-7-13(9-11(14)3)15(17)18-4/h7-9,12,16H,5-6,10H2,1-4H3. The number of carbonyl (C=O) groups excluding carboxylic acids is 1. The Hall–Kier alpha value is -1.51. The van der Waals surface area contributed by atoms with Gasteiger partial charge in [0.05, 0.1) is 12.7 Å². The van der Waals surface area contributed by atoms with Crippen molar-refractivity contribution in [3.05, 3.63) is 29.3 Å². The summed E-state index contributed by atoms with van der Waals surface area (Å²) in [6.07, 6.45) is 2.37. The van der Waals surface area contributed by atoms with E-state index in [0.29, 0.717) is 11.5 Å². The third-order valence-corrected chi connectivity index (χ3v) is 3.38. The van der Waals surface area contributed by atoms with Gasteiger partial charge < -0.3 is 10.1 Å². The smallest absolute Gasteiger partial charge is 0.337 e. The van der Waals surface area contributed by atoms with Gasteiger partial charge in [-0.15, -0.1) is 0 Å². The zero-order valence-corrected chi connectivity index (χ0v) is 11.7. The van der Waals surface area contributed by atoms with E-state index in [9.17, 15) is 4.79 Å². The van der Waals surface area contributed by atoms with Crippen LogP contribution in [0.5, 0.6) is 0 Å². The lowest BCUT2D eigenvalue weighted by molar-refractivity contribution is 0.0600. The zero-order chi connectivity index (χ0) is 13.5. The van der Waals surface area contributed by atoms with E-state index in [4.69, 9.17) is 4.74 Å². The quantitative estimate of drug-likeness (QED) is 0.782. The molecule has 0 amide bonds. The van der Waals surface area contributed by atoms with Crippen LogP contribution in [0.3, 0.4) is 0 Å². The number of carbonyl (C=O) groups is 1. The highest BCUT2D eigenvalue weighted by Crippen LogP contribution is 2.18. The molecule has 0 atom stereocenters. The zero-order valence-electron chi connectivity index (χ0n) is 11.7. The molecule has 0 aliphatic heterocycles. The number of hydrogen-bond donors (Lipinski definition) is 1. The molecule has 0 heterocycles. The van der Waals surface area contributed by atoms with Gasteiger partial charge in [-0.25, -0.2) is 4.79 Å². The van der Waals surface area contributed by atoms with Gasteiger partial charge in [0.1, 0.15) is 0 Å². The molecule has 0 saturated heterocycles. The molecule has 0 aromatic heterocycles. The van der Waals surface area contributed by atoms with Crippen LogP contribution in [-0.2, 0) is 4.74 Å². The highest BCUT2D eigenvalue weighted by atomic mass is 16.5. The molecule has 18 heavy (non-hydrogen) atoms. The molecule has 0 spiro atoms. The fourth-order valence-electron chi connectivity index (χ4n) is 1.94. The summed E-state index contributed by atoms with van der Waals surface area (Å²) in [4.78, 5) is 11.4. The van der Waals surface area contributed by atoms with Gasteiger partial charge in [0.15, 0.2) is 0 Å². The second-order valence-corrected chi connectivity index (χ2v) is 4.58. The lowest BCUT2D eigenvalue weighted by Crippen LogP contribution is -2.13. The number of benzene rings is 1. The van der Waals surface area contributed by atoms with Gasteiger partial charge in [0, 0.05) is 12.2 Å². The molecule has 1 rings (SSSR count). The van der Waals surface area contributed by atoms with Crippen molar-refractivity contribution in [1.29, 1.82) is 0 Å². The highest BCUT2D eigenvalue weighted by molar-refractivity contribution is 5.90. The minimum Gasteiger partial charge on any atom is -0.465 e. The van der Waals surface area contributed by atoms with E-state index >= 15 is 0 Å². The Kier molecular flexibility index (Phi) is 5.69. The van der Waals surface area contributed by atoms with Crippen molar-refractivity contribution in [2.45, 2.75) is 33.6 Å². The molecule has 100 valence electrons. The molecule has 1 aromatic carbocycles.